The molecule has 1 aliphatic rings. The van der Waals surface area contributed by atoms with Crippen LogP contribution in [0, 0.1) is 0 Å². The average Bonchev–Trinajstić information content (AvgIpc) is 2.75. The normalized spacial score (nSPS) is 29.3. The van der Waals surface area contributed by atoms with Crippen LogP contribution in [0.25, 0.3) is 0 Å². The molecule has 1 aromatic rings. The van der Waals surface area contributed by atoms with Crippen LogP contribution in [-0.4, -0.2) is 12.2 Å². The van der Waals surface area contributed by atoms with Crippen molar-refractivity contribution in [1.29, 1.82) is 0 Å². The summed E-state index contributed by atoms with van der Waals surface area (Å²) in [6.45, 7) is 2.08. The molecular weight excluding hydrogens is 181 g/mol. The maximum atomic E-state index is 12.9. The van der Waals surface area contributed by atoms with Gasteiger partial charge in [0.15, 0.2) is 0 Å². The average molecular weight is 197 g/mol. The van der Waals surface area contributed by atoms with E-state index in [1.54, 1.807) is 12.5 Å². The first-order valence-electron chi connectivity index (χ1n) is 5.18. The van der Waals surface area contributed by atoms with Gasteiger partial charge in [-0.2, -0.15) is 0 Å². The maximum Gasteiger partial charge on any atom is 0.102 e. The highest BCUT2D eigenvalue weighted by molar-refractivity contribution is 5.10. The van der Waals surface area contributed by atoms with Crippen molar-refractivity contribution < 1.29 is 8.81 Å². The van der Waals surface area contributed by atoms with Gasteiger partial charge in [0.1, 0.15) is 6.17 Å². The van der Waals surface area contributed by atoms with Gasteiger partial charge in [-0.05, 0) is 32.3 Å². The molecule has 0 spiro atoms. The van der Waals surface area contributed by atoms with Gasteiger partial charge in [0.2, 0.25) is 0 Å². The molecule has 3 heteroatoms. The van der Waals surface area contributed by atoms with Gasteiger partial charge in [0, 0.05) is 17.6 Å². The molecule has 14 heavy (non-hydrogen) atoms. The van der Waals surface area contributed by atoms with Crippen LogP contribution in [0.1, 0.15) is 37.8 Å². The minimum Gasteiger partial charge on any atom is -0.472 e. The Morgan fingerprint density at radius 1 is 1.57 bits per heavy atom. The van der Waals surface area contributed by atoms with E-state index in [2.05, 4.69) is 12.2 Å². The molecule has 0 saturated heterocycles. The molecule has 1 fully saturated rings. The third kappa shape index (κ3) is 2.15. The van der Waals surface area contributed by atoms with E-state index in [0.717, 1.165) is 12.0 Å². The molecule has 0 aromatic carbocycles. The standard InChI is InChI=1S/C11H16FNO/c1-8(9-4-5-14-7-9)13-11-3-2-10(12)6-11/h4-5,7-8,10-11,13H,2-3,6H2,1H3. The molecule has 0 amide bonds. The summed E-state index contributed by atoms with van der Waals surface area (Å²) in [6.07, 6.45) is 5.10. The molecular formula is C11H16FNO. The molecule has 0 radical (unpaired) electrons. The fourth-order valence-corrected chi connectivity index (χ4v) is 2.05. The van der Waals surface area contributed by atoms with Crippen molar-refractivity contribution in [2.75, 3.05) is 0 Å². The largest absolute Gasteiger partial charge is 0.472 e. The smallest absolute Gasteiger partial charge is 0.102 e. The summed E-state index contributed by atoms with van der Waals surface area (Å²) in [5.74, 6) is 0. The molecule has 3 unspecified atom stereocenters. The number of hydrogen-bond acceptors (Lipinski definition) is 2. The molecule has 1 heterocycles. The molecule has 78 valence electrons. The summed E-state index contributed by atoms with van der Waals surface area (Å²) < 4.78 is 17.9. The topological polar surface area (TPSA) is 25.2 Å². The van der Waals surface area contributed by atoms with Crippen molar-refractivity contribution in [1.82, 2.24) is 5.32 Å². The van der Waals surface area contributed by atoms with E-state index >= 15 is 0 Å². The molecule has 0 aliphatic heterocycles. The second kappa shape index (κ2) is 4.13. The summed E-state index contributed by atoms with van der Waals surface area (Å²) in [5, 5.41) is 3.41. The number of alkyl halides is 1. The minimum absolute atomic E-state index is 0.254. The van der Waals surface area contributed by atoms with Gasteiger partial charge in [0.25, 0.3) is 0 Å². The molecule has 3 atom stereocenters. The highest BCUT2D eigenvalue weighted by atomic mass is 19.1. The van der Waals surface area contributed by atoms with E-state index in [9.17, 15) is 4.39 Å². The highest BCUT2D eigenvalue weighted by Crippen LogP contribution is 2.24. The Hall–Kier alpha value is -0.830. The Bertz CT molecular complexity index is 273. The summed E-state index contributed by atoms with van der Waals surface area (Å²) in [5.41, 5.74) is 1.13. The van der Waals surface area contributed by atoms with Crippen molar-refractivity contribution in [2.45, 2.75) is 44.4 Å². The van der Waals surface area contributed by atoms with E-state index in [4.69, 9.17) is 4.42 Å². The van der Waals surface area contributed by atoms with E-state index in [1.807, 2.05) is 6.07 Å². The molecule has 1 aliphatic carbocycles. The lowest BCUT2D eigenvalue weighted by Gasteiger charge is -2.17. The number of nitrogens with one attached hydrogen (secondary N) is 1. The van der Waals surface area contributed by atoms with Gasteiger partial charge in [-0.25, -0.2) is 4.39 Å². The van der Waals surface area contributed by atoms with Crippen molar-refractivity contribution in [3.63, 3.8) is 0 Å². The molecule has 0 bridgehead atoms. The van der Waals surface area contributed by atoms with Crippen LogP contribution in [-0.2, 0) is 0 Å². The second-order valence-electron chi connectivity index (χ2n) is 4.05. The Labute approximate surface area is 83.5 Å². The van der Waals surface area contributed by atoms with Crippen molar-refractivity contribution in [3.8, 4) is 0 Å². The Morgan fingerprint density at radius 3 is 3.00 bits per heavy atom. The molecule has 2 nitrogen and oxygen atoms in total. The Morgan fingerprint density at radius 2 is 2.43 bits per heavy atom. The number of halogens is 1. The third-order valence-electron chi connectivity index (χ3n) is 2.90. The molecule has 1 aromatic heterocycles. The van der Waals surface area contributed by atoms with Crippen molar-refractivity contribution >= 4 is 0 Å². The number of furan rings is 1. The van der Waals surface area contributed by atoms with Crippen LogP contribution in [0.15, 0.2) is 23.0 Å². The first kappa shape index (κ1) is 9.71. The van der Waals surface area contributed by atoms with Gasteiger partial charge in [0.05, 0.1) is 12.5 Å². The fraction of sp³-hybridized carbons (Fsp3) is 0.636. The number of hydrogen-bond donors (Lipinski definition) is 1. The van der Waals surface area contributed by atoms with E-state index < -0.39 is 6.17 Å². The SMILES string of the molecule is CC(NC1CCC(F)C1)c1ccoc1. The van der Waals surface area contributed by atoms with Crippen LogP contribution in [0.2, 0.25) is 0 Å². The Balaban J connectivity index is 1.86. The fourth-order valence-electron chi connectivity index (χ4n) is 2.05. The van der Waals surface area contributed by atoms with Gasteiger partial charge < -0.3 is 9.73 Å². The van der Waals surface area contributed by atoms with E-state index in [0.29, 0.717) is 18.9 Å². The molecule has 2 rings (SSSR count). The predicted octanol–water partition coefficient (Wildman–Crippen LogP) is 2.82. The second-order valence-corrected chi connectivity index (χ2v) is 4.05. The quantitative estimate of drug-likeness (QED) is 0.806. The zero-order valence-electron chi connectivity index (χ0n) is 8.37. The minimum atomic E-state index is -0.607. The van der Waals surface area contributed by atoms with E-state index in [1.165, 1.54) is 0 Å². The summed E-state index contributed by atoms with van der Waals surface area (Å²) >= 11 is 0. The maximum absolute atomic E-state index is 12.9. The van der Waals surface area contributed by atoms with E-state index in [-0.39, 0.29) is 6.04 Å². The first-order chi connectivity index (χ1) is 6.75. The van der Waals surface area contributed by atoms with Gasteiger partial charge in [-0.1, -0.05) is 0 Å². The number of rotatable bonds is 3. The monoisotopic (exact) mass is 197 g/mol. The van der Waals surface area contributed by atoms with Gasteiger partial charge in [-0.3, -0.25) is 0 Å². The van der Waals surface area contributed by atoms with Crippen molar-refractivity contribution in [3.05, 3.63) is 24.2 Å². The lowest BCUT2D eigenvalue weighted by molar-refractivity contribution is 0.330. The predicted molar refractivity (Wildman–Crippen MR) is 52.8 cm³/mol. The molecule has 1 saturated carbocycles. The summed E-state index contributed by atoms with van der Waals surface area (Å²) in [6, 6.07) is 2.53. The highest BCUT2D eigenvalue weighted by Gasteiger charge is 2.25. The van der Waals surface area contributed by atoms with Crippen LogP contribution >= 0.6 is 0 Å². The lowest BCUT2D eigenvalue weighted by atomic mass is 10.1. The zero-order valence-corrected chi connectivity index (χ0v) is 8.37. The zero-order chi connectivity index (χ0) is 9.97. The molecule has 1 N–H and O–H groups in total. The van der Waals surface area contributed by atoms with Crippen LogP contribution in [0.3, 0.4) is 0 Å². The van der Waals surface area contributed by atoms with Crippen molar-refractivity contribution in [2.24, 2.45) is 0 Å². The van der Waals surface area contributed by atoms with Crippen LogP contribution < -0.4 is 5.32 Å². The summed E-state index contributed by atoms with van der Waals surface area (Å²) in [4.78, 5) is 0. The van der Waals surface area contributed by atoms with Gasteiger partial charge in [-0.15, -0.1) is 0 Å². The third-order valence-corrected chi connectivity index (χ3v) is 2.90. The Kier molecular flexibility index (Phi) is 2.87. The first-order valence-corrected chi connectivity index (χ1v) is 5.18. The summed E-state index contributed by atoms with van der Waals surface area (Å²) in [7, 11) is 0. The van der Waals surface area contributed by atoms with Crippen LogP contribution in [0.5, 0.6) is 0 Å². The lowest BCUT2D eigenvalue weighted by Crippen LogP contribution is -2.29. The van der Waals surface area contributed by atoms with Gasteiger partial charge >= 0.3 is 0 Å². The van der Waals surface area contributed by atoms with Crippen LogP contribution in [0.4, 0.5) is 4.39 Å².